The molecule has 0 aliphatic rings. The molecular formula is C21H25N3O2. The Balaban J connectivity index is 1.94. The number of carbonyl (C=O) groups is 2. The Labute approximate surface area is 154 Å². The molecular weight excluding hydrogens is 326 g/mol. The number of rotatable bonds is 3. The van der Waals surface area contributed by atoms with E-state index in [0.717, 1.165) is 16.7 Å². The third kappa shape index (κ3) is 5.28. The van der Waals surface area contributed by atoms with Gasteiger partial charge in [-0.15, -0.1) is 0 Å². The Morgan fingerprint density at radius 3 is 2.23 bits per heavy atom. The molecule has 0 spiro atoms. The highest BCUT2D eigenvalue weighted by molar-refractivity contribution is 6.39. The average molecular weight is 351 g/mol. The first-order chi connectivity index (χ1) is 12.2. The Morgan fingerprint density at radius 2 is 1.62 bits per heavy atom. The zero-order chi connectivity index (χ0) is 19.3. The summed E-state index contributed by atoms with van der Waals surface area (Å²) < 4.78 is 0. The van der Waals surface area contributed by atoms with Gasteiger partial charge in [-0.3, -0.25) is 9.59 Å². The van der Waals surface area contributed by atoms with E-state index in [2.05, 4.69) is 36.6 Å². The van der Waals surface area contributed by atoms with E-state index in [0.29, 0.717) is 5.69 Å². The molecule has 0 unspecified atom stereocenters. The van der Waals surface area contributed by atoms with Crippen LogP contribution in [0, 0.1) is 13.8 Å². The first-order valence-corrected chi connectivity index (χ1v) is 8.49. The number of carbonyl (C=O) groups excluding carboxylic acids is 2. The molecule has 5 heteroatoms. The Kier molecular flexibility index (Phi) is 5.93. The van der Waals surface area contributed by atoms with Gasteiger partial charge in [0.05, 0.1) is 6.21 Å². The lowest BCUT2D eigenvalue weighted by Crippen LogP contribution is -2.32. The van der Waals surface area contributed by atoms with Crippen molar-refractivity contribution in [2.24, 2.45) is 5.10 Å². The van der Waals surface area contributed by atoms with E-state index in [1.54, 1.807) is 0 Å². The van der Waals surface area contributed by atoms with Crippen LogP contribution in [0.4, 0.5) is 5.69 Å². The van der Waals surface area contributed by atoms with E-state index >= 15 is 0 Å². The van der Waals surface area contributed by atoms with Crippen LogP contribution in [-0.2, 0) is 15.0 Å². The number of anilines is 1. The highest BCUT2D eigenvalue weighted by atomic mass is 16.2. The number of nitrogens with one attached hydrogen (secondary N) is 2. The summed E-state index contributed by atoms with van der Waals surface area (Å²) in [7, 11) is 0. The number of hydrogen-bond donors (Lipinski definition) is 2. The molecule has 0 aromatic heterocycles. The molecule has 0 saturated carbocycles. The number of hydrogen-bond acceptors (Lipinski definition) is 3. The summed E-state index contributed by atoms with van der Waals surface area (Å²) in [5.74, 6) is -1.56. The molecule has 0 aliphatic carbocycles. The van der Waals surface area contributed by atoms with Crippen LogP contribution in [0.5, 0.6) is 0 Å². The van der Waals surface area contributed by atoms with Crippen LogP contribution in [0.2, 0.25) is 0 Å². The number of hydrazone groups is 1. The van der Waals surface area contributed by atoms with E-state index in [1.165, 1.54) is 11.8 Å². The van der Waals surface area contributed by atoms with Gasteiger partial charge in [-0.2, -0.15) is 5.10 Å². The first-order valence-electron chi connectivity index (χ1n) is 8.49. The van der Waals surface area contributed by atoms with Crippen LogP contribution >= 0.6 is 0 Å². The molecule has 136 valence electrons. The standard InChI is InChI=1S/C21H25N3O2/c1-14-6-7-15(2)18(12-14)23-19(25)20(26)24-22-13-16-8-10-17(11-9-16)21(3,4)5/h6-13H,1-5H3,(H,23,25)(H,24,26)/b22-13-. The summed E-state index contributed by atoms with van der Waals surface area (Å²) in [5.41, 5.74) is 6.89. The lowest BCUT2D eigenvalue weighted by atomic mass is 9.87. The molecule has 26 heavy (non-hydrogen) atoms. The minimum absolute atomic E-state index is 0.0793. The van der Waals surface area contributed by atoms with E-state index in [-0.39, 0.29) is 5.41 Å². The van der Waals surface area contributed by atoms with Crippen molar-refractivity contribution >= 4 is 23.7 Å². The summed E-state index contributed by atoms with van der Waals surface area (Å²) in [6.45, 7) is 10.2. The zero-order valence-electron chi connectivity index (χ0n) is 15.9. The summed E-state index contributed by atoms with van der Waals surface area (Å²) in [6.07, 6.45) is 1.51. The van der Waals surface area contributed by atoms with E-state index in [4.69, 9.17) is 0 Å². The van der Waals surface area contributed by atoms with Gasteiger partial charge in [0.25, 0.3) is 0 Å². The Morgan fingerprint density at radius 1 is 0.962 bits per heavy atom. The molecule has 0 bridgehead atoms. The molecule has 0 fully saturated rings. The van der Waals surface area contributed by atoms with Crippen molar-refractivity contribution in [3.63, 3.8) is 0 Å². The number of benzene rings is 2. The topological polar surface area (TPSA) is 70.6 Å². The van der Waals surface area contributed by atoms with Crippen molar-refractivity contribution in [3.8, 4) is 0 Å². The van der Waals surface area contributed by atoms with Gasteiger partial charge in [0.1, 0.15) is 0 Å². The fourth-order valence-electron chi connectivity index (χ4n) is 2.33. The zero-order valence-corrected chi connectivity index (χ0v) is 15.9. The average Bonchev–Trinajstić information content (AvgIpc) is 2.57. The van der Waals surface area contributed by atoms with E-state index < -0.39 is 11.8 Å². The fraction of sp³-hybridized carbons (Fsp3) is 0.286. The molecule has 2 aromatic rings. The first kappa shape index (κ1) is 19.4. The van der Waals surface area contributed by atoms with Crippen LogP contribution in [0.1, 0.15) is 43.0 Å². The van der Waals surface area contributed by atoms with Gasteiger partial charge in [-0.1, -0.05) is 57.2 Å². The molecule has 0 aliphatic heterocycles. The SMILES string of the molecule is Cc1ccc(C)c(NC(=O)C(=O)N/N=C\c2ccc(C(C)(C)C)cc2)c1. The van der Waals surface area contributed by atoms with Gasteiger partial charge in [-0.25, -0.2) is 5.43 Å². The number of amides is 2. The van der Waals surface area contributed by atoms with Gasteiger partial charge in [0.2, 0.25) is 0 Å². The minimum Gasteiger partial charge on any atom is -0.317 e. The monoisotopic (exact) mass is 351 g/mol. The van der Waals surface area contributed by atoms with Crippen LogP contribution in [0.3, 0.4) is 0 Å². The normalized spacial score (nSPS) is 11.4. The lowest BCUT2D eigenvalue weighted by molar-refractivity contribution is -0.136. The van der Waals surface area contributed by atoms with Crippen molar-refractivity contribution < 1.29 is 9.59 Å². The van der Waals surface area contributed by atoms with Crippen molar-refractivity contribution in [1.29, 1.82) is 0 Å². The minimum atomic E-state index is -0.812. The van der Waals surface area contributed by atoms with Crippen molar-refractivity contribution in [3.05, 3.63) is 64.7 Å². The molecule has 2 amide bonds. The van der Waals surface area contributed by atoms with Crippen molar-refractivity contribution in [2.75, 3.05) is 5.32 Å². The van der Waals surface area contributed by atoms with Crippen LogP contribution in [-0.4, -0.2) is 18.0 Å². The second-order valence-corrected chi connectivity index (χ2v) is 7.34. The second-order valence-electron chi connectivity index (χ2n) is 7.34. The summed E-state index contributed by atoms with van der Waals surface area (Å²) in [5, 5.41) is 6.45. The highest BCUT2D eigenvalue weighted by Gasteiger charge is 2.14. The summed E-state index contributed by atoms with van der Waals surface area (Å²) in [4.78, 5) is 23.9. The van der Waals surface area contributed by atoms with E-state index in [9.17, 15) is 9.59 Å². The molecule has 0 heterocycles. The van der Waals surface area contributed by atoms with E-state index in [1.807, 2.05) is 56.3 Å². The Bertz CT molecular complexity index is 831. The van der Waals surface area contributed by atoms with Crippen LogP contribution in [0.15, 0.2) is 47.6 Å². The summed E-state index contributed by atoms with van der Waals surface area (Å²) >= 11 is 0. The maximum Gasteiger partial charge on any atom is 0.329 e. The number of nitrogens with zero attached hydrogens (tertiary/aromatic N) is 1. The molecule has 0 radical (unpaired) electrons. The molecule has 2 N–H and O–H groups in total. The van der Waals surface area contributed by atoms with Gasteiger partial charge >= 0.3 is 11.8 Å². The lowest BCUT2D eigenvalue weighted by Gasteiger charge is -2.18. The highest BCUT2D eigenvalue weighted by Crippen LogP contribution is 2.21. The van der Waals surface area contributed by atoms with Crippen molar-refractivity contribution in [1.82, 2.24) is 5.43 Å². The molecule has 2 rings (SSSR count). The fourth-order valence-corrected chi connectivity index (χ4v) is 2.33. The molecule has 0 atom stereocenters. The summed E-state index contributed by atoms with van der Waals surface area (Å²) in [6, 6.07) is 13.6. The molecule has 2 aromatic carbocycles. The third-order valence-corrected chi connectivity index (χ3v) is 4.00. The van der Waals surface area contributed by atoms with Crippen LogP contribution in [0.25, 0.3) is 0 Å². The smallest absolute Gasteiger partial charge is 0.317 e. The predicted octanol–water partition coefficient (Wildman–Crippen LogP) is 3.69. The largest absolute Gasteiger partial charge is 0.329 e. The maximum atomic E-state index is 12.0. The molecule has 0 saturated heterocycles. The van der Waals surface area contributed by atoms with Gasteiger partial charge in [-0.05, 0) is 47.6 Å². The third-order valence-electron chi connectivity index (χ3n) is 4.00. The molecule has 5 nitrogen and oxygen atoms in total. The maximum absolute atomic E-state index is 12.0. The quantitative estimate of drug-likeness (QED) is 0.503. The number of aryl methyl sites for hydroxylation is 2. The Hall–Kier alpha value is -2.95. The second kappa shape index (κ2) is 7.95. The predicted molar refractivity (Wildman–Crippen MR) is 105 cm³/mol. The van der Waals surface area contributed by atoms with Gasteiger partial charge < -0.3 is 5.32 Å². The van der Waals surface area contributed by atoms with Crippen molar-refractivity contribution in [2.45, 2.75) is 40.0 Å². The van der Waals surface area contributed by atoms with Gasteiger partial charge in [0.15, 0.2) is 0 Å². The van der Waals surface area contributed by atoms with Crippen LogP contribution < -0.4 is 10.7 Å². The van der Waals surface area contributed by atoms with Gasteiger partial charge in [0, 0.05) is 5.69 Å².